The molecule has 0 saturated carbocycles. The van der Waals surface area contributed by atoms with E-state index in [0.717, 1.165) is 38.6 Å². The van der Waals surface area contributed by atoms with Crippen molar-refractivity contribution in [2.24, 2.45) is 0 Å². The van der Waals surface area contributed by atoms with Gasteiger partial charge >= 0.3 is 0 Å². The van der Waals surface area contributed by atoms with Gasteiger partial charge in [-0.25, -0.2) is 9.97 Å². The van der Waals surface area contributed by atoms with Crippen LogP contribution in [0.25, 0.3) is 22.2 Å². The molecule has 0 radical (unpaired) electrons. The molecule has 2 aromatic heterocycles. The maximum absolute atomic E-state index is 6.20. The van der Waals surface area contributed by atoms with Crippen molar-refractivity contribution in [3.8, 4) is 17.0 Å². The minimum Gasteiger partial charge on any atom is -0.481 e. The molecule has 27 heavy (non-hydrogen) atoms. The first-order chi connectivity index (χ1) is 13.1. The number of imidazole rings is 1. The lowest BCUT2D eigenvalue weighted by Gasteiger charge is -2.17. The van der Waals surface area contributed by atoms with E-state index in [1.807, 2.05) is 43.5 Å². The van der Waals surface area contributed by atoms with E-state index in [4.69, 9.17) is 21.3 Å². The Bertz CT molecular complexity index is 1100. The average Bonchev–Trinajstić information content (AvgIpc) is 3.02. The molecule has 0 fully saturated rings. The summed E-state index contributed by atoms with van der Waals surface area (Å²) >= 11 is 6.20. The zero-order valence-corrected chi connectivity index (χ0v) is 16.2. The summed E-state index contributed by atoms with van der Waals surface area (Å²) in [5.74, 6) is 1.58. The average molecular weight is 378 g/mol. The highest BCUT2D eigenvalue weighted by Gasteiger charge is 2.16. The van der Waals surface area contributed by atoms with Gasteiger partial charge in [0.25, 0.3) is 0 Å². The second kappa shape index (κ2) is 7.05. The maximum Gasteiger partial charge on any atom is 0.212 e. The van der Waals surface area contributed by atoms with Crippen molar-refractivity contribution in [2.45, 2.75) is 19.9 Å². The van der Waals surface area contributed by atoms with E-state index >= 15 is 0 Å². The van der Waals surface area contributed by atoms with Gasteiger partial charge < -0.3 is 9.30 Å². The van der Waals surface area contributed by atoms with Crippen LogP contribution in [0.3, 0.4) is 0 Å². The van der Waals surface area contributed by atoms with E-state index in [1.165, 1.54) is 0 Å². The molecular weight excluding hydrogens is 358 g/mol. The molecule has 2 aromatic carbocycles. The number of aryl methyl sites for hydroxylation is 1. The standard InChI is InChI=1S/C22H20ClN3O/c1-14(16-5-4-6-19(23)11-16)26-15(2)25-20-9-7-17(12-21(20)26)18-8-10-22(27-3)24-13-18/h4-14H,1-3H3/t14-/m0/s1. The van der Waals surface area contributed by atoms with Crippen LogP contribution in [0.2, 0.25) is 5.02 Å². The number of hydrogen-bond acceptors (Lipinski definition) is 3. The SMILES string of the molecule is COc1ccc(-c2ccc3nc(C)n([C@@H](C)c4cccc(Cl)c4)c3c2)cn1. The molecule has 0 bridgehead atoms. The van der Waals surface area contributed by atoms with Crippen molar-refractivity contribution in [1.29, 1.82) is 0 Å². The molecule has 0 aliphatic carbocycles. The molecule has 0 spiro atoms. The summed E-state index contributed by atoms with van der Waals surface area (Å²) in [6, 6.07) is 18.3. The number of pyridine rings is 1. The molecule has 2 heterocycles. The van der Waals surface area contributed by atoms with E-state index in [9.17, 15) is 0 Å². The Kier molecular flexibility index (Phi) is 4.58. The van der Waals surface area contributed by atoms with Gasteiger partial charge in [0.15, 0.2) is 0 Å². The summed E-state index contributed by atoms with van der Waals surface area (Å²) in [6.07, 6.45) is 1.83. The Morgan fingerprint density at radius 1 is 1.04 bits per heavy atom. The van der Waals surface area contributed by atoms with Crippen molar-refractivity contribution >= 4 is 22.6 Å². The summed E-state index contributed by atoms with van der Waals surface area (Å²) in [6.45, 7) is 4.21. The molecular formula is C22H20ClN3O. The number of aromatic nitrogens is 3. The lowest BCUT2D eigenvalue weighted by Crippen LogP contribution is -2.08. The summed E-state index contributed by atoms with van der Waals surface area (Å²) in [5.41, 5.74) is 5.36. The molecule has 4 aromatic rings. The Balaban J connectivity index is 1.82. The van der Waals surface area contributed by atoms with Gasteiger partial charge in [0.1, 0.15) is 5.82 Å². The van der Waals surface area contributed by atoms with Crippen LogP contribution in [-0.2, 0) is 0 Å². The Morgan fingerprint density at radius 3 is 2.56 bits per heavy atom. The molecule has 0 aliphatic heterocycles. The van der Waals surface area contributed by atoms with Crippen molar-refractivity contribution < 1.29 is 4.74 Å². The van der Waals surface area contributed by atoms with Crippen LogP contribution >= 0.6 is 11.6 Å². The number of methoxy groups -OCH3 is 1. The van der Waals surface area contributed by atoms with Gasteiger partial charge in [0, 0.05) is 22.8 Å². The van der Waals surface area contributed by atoms with E-state index in [1.54, 1.807) is 7.11 Å². The van der Waals surface area contributed by atoms with Crippen LogP contribution in [0.1, 0.15) is 24.4 Å². The third kappa shape index (κ3) is 3.28. The number of ether oxygens (including phenoxy) is 1. The second-order valence-corrected chi connectivity index (χ2v) is 6.99. The molecule has 0 unspecified atom stereocenters. The van der Waals surface area contributed by atoms with Crippen LogP contribution in [0, 0.1) is 6.92 Å². The van der Waals surface area contributed by atoms with E-state index in [-0.39, 0.29) is 6.04 Å². The Hall–Kier alpha value is -2.85. The van der Waals surface area contributed by atoms with E-state index < -0.39 is 0 Å². The smallest absolute Gasteiger partial charge is 0.212 e. The highest BCUT2D eigenvalue weighted by molar-refractivity contribution is 6.30. The van der Waals surface area contributed by atoms with Crippen molar-refractivity contribution in [3.63, 3.8) is 0 Å². The molecule has 136 valence electrons. The largest absolute Gasteiger partial charge is 0.481 e. The summed E-state index contributed by atoms with van der Waals surface area (Å²) < 4.78 is 7.40. The minimum atomic E-state index is 0.123. The van der Waals surface area contributed by atoms with E-state index in [0.29, 0.717) is 5.88 Å². The molecule has 0 N–H and O–H groups in total. The molecule has 5 heteroatoms. The van der Waals surface area contributed by atoms with E-state index in [2.05, 4.69) is 40.7 Å². The lowest BCUT2D eigenvalue weighted by atomic mass is 10.1. The monoisotopic (exact) mass is 377 g/mol. The van der Waals surface area contributed by atoms with Crippen LogP contribution in [0.15, 0.2) is 60.8 Å². The molecule has 1 atom stereocenters. The van der Waals surface area contributed by atoms with Crippen molar-refractivity contribution in [3.05, 3.63) is 77.2 Å². The number of halogens is 1. The van der Waals surface area contributed by atoms with Gasteiger partial charge in [-0.05, 0) is 55.3 Å². The Morgan fingerprint density at radius 2 is 1.85 bits per heavy atom. The summed E-state index contributed by atoms with van der Waals surface area (Å²) in [7, 11) is 1.62. The van der Waals surface area contributed by atoms with Gasteiger partial charge in [-0.15, -0.1) is 0 Å². The second-order valence-electron chi connectivity index (χ2n) is 6.55. The fourth-order valence-electron chi connectivity index (χ4n) is 3.47. The van der Waals surface area contributed by atoms with Gasteiger partial charge in [-0.2, -0.15) is 0 Å². The quantitative estimate of drug-likeness (QED) is 0.459. The van der Waals surface area contributed by atoms with Crippen molar-refractivity contribution in [1.82, 2.24) is 14.5 Å². The van der Waals surface area contributed by atoms with Crippen LogP contribution < -0.4 is 4.74 Å². The van der Waals surface area contributed by atoms with Crippen LogP contribution in [0.4, 0.5) is 0 Å². The molecule has 0 saturated heterocycles. The third-order valence-corrected chi connectivity index (χ3v) is 5.10. The van der Waals surface area contributed by atoms with Gasteiger partial charge in [-0.3, -0.25) is 0 Å². The van der Waals surface area contributed by atoms with Gasteiger partial charge in [0.05, 0.1) is 24.2 Å². The maximum atomic E-state index is 6.20. The summed E-state index contributed by atoms with van der Waals surface area (Å²) in [4.78, 5) is 9.05. The minimum absolute atomic E-state index is 0.123. The predicted molar refractivity (Wildman–Crippen MR) is 110 cm³/mol. The predicted octanol–water partition coefficient (Wildman–Crippen LogP) is 5.68. The number of hydrogen-bond donors (Lipinski definition) is 0. The first kappa shape index (κ1) is 17.6. The molecule has 0 aliphatic rings. The van der Waals surface area contributed by atoms with Gasteiger partial charge in [-0.1, -0.05) is 29.8 Å². The summed E-state index contributed by atoms with van der Waals surface area (Å²) in [5, 5.41) is 0.742. The van der Waals surface area contributed by atoms with Crippen LogP contribution in [-0.4, -0.2) is 21.6 Å². The number of benzene rings is 2. The lowest BCUT2D eigenvalue weighted by molar-refractivity contribution is 0.398. The molecule has 0 amide bonds. The molecule has 4 nitrogen and oxygen atoms in total. The topological polar surface area (TPSA) is 39.9 Å². The third-order valence-electron chi connectivity index (χ3n) is 4.86. The Labute approximate surface area is 163 Å². The number of rotatable bonds is 4. The fourth-order valence-corrected chi connectivity index (χ4v) is 3.67. The normalized spacial score (nSPS) is 12.3. The zero-order chi connectivity index (χ0) is 19.0. The first-order valence-electron chi connectivity index (χ1n) is 8.81. The first-order valence-corrected chi connectivity index (χ1v) is 9.19. The van der Waals surface area contributed by atoms with Crippen molar-refractivity contribution in [2.75, 3.05) is 7.11 Å². The van der Waals surface area contributed by atoms with Gasteiger partial charge in [0.2, 0.25) is 5.88 Å². The van der Waals surface area contributed by atoms with Crippen LogP contribution in [0.5, 0.6) is 5.88 Å². The number of fused-ring (bicyclic) bond motifs is 1. The number of nitrogens with zero attached hydrogens (tertiary/aromatic N) is 3. The molecule has 4 rings (SSSR count). The highest BCUT2D eigenvalue weighted by atomic mass is 35.5. The highest BCUT2D eigenvalue weighted by Crippen LogP contribution is 2.30. The fraction of sp³-hybridized carbons (Fsp3) is 0.182. The zero-order valence-electron chi connectivity index (χ0n) is 15.5.